The number of anilines is 2. The molecule has 6 heteroatoms. The van der Waals surface area contributed by atoms with Crippen molar-refractivity contribution in [2.75, 3.05) is 30.3 Å². The van der Waals surface area contributed by atoms with Crippen LogP contribution < -0.4 is 10.6 Å². The fraction of sp³-hybridized carbons (Fsp3) is 0.412. The van der Waals surface area contributed by atoms with Gasteiger partial charge >= 0.3 is 5.97 Å². The number of hydrogen-bond acceptors (Lipinski definition) is 5. The minimum absolute atomic E-state index is 0.0835. The molecule has 1 aromatic heterocycles. The highest BCUT2D eigenvalue weighted by atomic mass is 16.4. The summed E-state index contributed by atoms with van der Waals surface area (Å²) in [5.41, 5.74) is 8.63. The molecule has 2 atom stereocenters. The summed E-state index contributed by atoms with van der Waals surface area (Å²) in [5, 5.41) is 10.1. The number of benzene rings is 1. The molecule has 2 heterocycles. The van der Waals surface area contributed by atoms with Crippen LogP contribution in [0.25, 0.3) is 10.9 Å². The topological polar surface area (TPSA) is 82.7 Å². The van der Waals surface area contributed by atoms with E-state index in [9.17, 15) is 4.79 Å². The fourth-order valence-corrected chi connectivity index (χ4v) is 3.48. The number of carboxylic acid groups (broad SMARTS) is 1. The lowest BCUT2D eigenvalue weighted by Gasteiger charge is -2.45. The molecule has 3 N–H and O–H groups in total. The van der Waals surface area contributed by atoms with Crippen LogP contribution in [0.4, 0.5) is 11.4 Å². The molecule has 1 aromatic carbocycles. The number of rotatable bonds is 3. The minimum Gasteiger partial charge on any atom is -0.480 e. The normalized spacial score (nSPS) is 22.4. The molecular weight excluding hydrogens is 292 g/mol. The third-order valence-electron chi connectivity index (χ3n) is 4.54. The van der Waals surface area contributed by atoms with Crippen molar-refractivity contribution < 1.29 is 9.90 Å². The van der Waals surface area contributed by atoms with Gasteiger partial charge in [-0.2, -0.15) is 0 Å². The first-order chi connectivity index (χ1) is 11.0. The molecule has 1 aliphatic rings. The zero-order valence-electron chi connectivity index (χ0n) is 13.4. The lowest BCUT2D eigenvalue weighted by atomic mass is 10.0. The first kappa shape index (κ1) is 15.6. The minimum atomic E-state index is -0.778. The molecule has 0 bridgehead atoms. The van der Waals surface area contributed by atoms with Crippen LogP contribution in [0.3, 0.4) is 0 Å². The van der Waals surface area contributed by atoms with Crippen molar-refractivity contribution in [1.29, 1.82) is 0 Å². The van der Waals surface area contributed by atoms with Crippen LogP contribution in [0, 0.1) is 0 Å². The Kier molecular flexibility index (Phi) is 4.09. The molecule has 3 rings (SSSR count). The summed E-state index contributed by atoms with van der Waals surface area (Å²) >= 11 is 0. The molecule has 2 aromatic rings. The van der Waals surface area contributed by atoms with Crippen molar-refractivity contribution in [2.45, 2.75) is 25.9 Å². The molecular formula is C17H22N4O2. The highest BCUT2D eigenvalue weighted by Crippen LogP contribution is 2.31. The summed E-state index contributed by atoms with van der Waals surface area (Å²) in [6, 6.07) is 8.21. The maximum absolute atomic E-state index is 11.0. The molecule has 1 fully saturated rings. The van der Waals surface area contributed by atoms with E-state index in [1.807, 2.05) is 29.2 Å². The summed E-state index contributed by atoms with van der Waals surface area (Å²) in [6.45, 7) is 5.80. The van der Waals surface area contributed by atoms with E-state index in [4.69, 9.17) is 10.8 Å². The van der Waals surface area contributed by atoms with Crippen LogP contribution in [-0.4, -0.2) is 52.7 Å². The Morgan fingerprint density at radius 1 is 1.30 bits per heavy atom. The Morgan fingerprint density at radius 3 is 2.65 bits per heavy atom. The summed E-state index contributed by atoms with van der Waals surface area (Å²) in [6.07, 6.45) is 1.75. The molecule has 1 aliphatic heterocycles. The maximum Gasteiger partial charge on any atom is 0.317 e. The van der Waals surface area contributed by atoms with E-state index in [0.29, 0.717) is 5.69 Å². The molecule has 0 unspecified atom stereocenters. The number of nitrogens with two attached hydrogens (primary N) is 1. The highest BCUT2D eigenvalue weighted by molar-refractivity contribution is 5.98. The molecule has 0 saturated carbocycles. The third-order valence-corrected chi connectivity index (χ3v) is 4.54. The van der Waals surface area contributed by atoms with E-state index in [2.05, 4.69) is 23.7 Å². The number of carboxylic acids is 1. The third kappa shape index (κ3) is 2.94. The highest BCUT2D eigenvalue weighted by Gasteiger charge is 2.31. The molecule has 0 aliphatic carbocycles. The van der Waals surface area contributed by atoms with Gasteiger partial charge in [0, 0.05) is 42.4 Å². The van der Waals surface area contributed by atoms with Gasteiger partial charge in [0.25, 0.3) is 0 Å². The van der Waals surface area contributed by atoms with Gasteiger partial charge in [-0.15, -0.1) is 0 Å². The van der Waals surface area contributed by atoms with E-state index in [1.165, 1.54) is 0 Å². The van der Waals surface area contributed by atoms with Gasteiger partial charge in [0.05, 0.1) is 17.7 Å². The quantitative estimate of drug-likeness (QED) is 0.841. The average Bonchev–Trinajstić information content (AvgIpc) is 2.51. The number of nitrogen functional groups attached to an aromatic ring is 1. The van der Waals surface area contributed by atoms with E-state index < -0.39 is 5.97 Å². The van der Waals surface area contributed by atoms with Crippen molar-refractivity contribution in [2.24, 2.45) is 0 Å². The number of pyridine rings is 1. The van der Waals surface area contributed by atoms with Gasteiger partial charge in [-0.3, -0.25) is 14.7 Å². The Labute approximate surface area is 135 Å². The summed E-state index contributed by atoms with van der Waals surface area (Å²) < 4.78 is 0. The lowest BCUT2D eigenvalue weighted by Crippen LogP contribution is -2.58. The van der Waals surface area contributed by atoms with Crippen molar-refractivity contribution in [3.8, 4) is 0 Å². The molecule has 23 heavy (non-hydrogen) atoms. The number of piperazine rings is 1. The summed E-state index contributed by atoms with van der Waals surface area (Å²) in [4.78, 5) is 19.8. The van der Waals surface area contributed by atoms with Gasteiger partial charge in [0.2, 0.25) is 0 Å². The number of aromatic nitrogens is 1. The van der Waals surface area contributed by atoms with Gasteiger partial charge in [-0.25, -0.2) is 0 Å². The van der Waals surface area contributed by atoms with Crippen LogP contribution in [0.5, 0.6) is 0 Å². The number of fused-ring (bicyclic) bond motifs is 1. The molecule has 0 radical (unpaired) electrons. The van der Waals surface area contributed by atoms with Crippen LogP contribution in [0.1, 0.15) is 13.8 Å². The predicted octanol–water partition coefficient (Wildman–Crippen LogP) is 1.80. The van der Waals surface area contributed by atoms with E-state index >= 15 is 0 Å². The van der Waals surface area contributed by atoms with E-state index in [0.717, 1.165) is 29.7 Å². The van der Waals surface area contributed by atoms with Crippen molar-refractivity contribution in [3.05, 3.63) is 30.5 Å². The SMILES string of the molecule is C[C@@H]1CN(c2ccc(N)c3ncccc23)C[C@H](C)N1CC(=O)O. The second-order valence-corrected chi connectivity index (χ2v) is 6.24. The van der Waals surface area contributed by atoms with Crippen molar-refractivity contribution in [3.63, 3.8) is 0 Å². The van der Waals surface area contributed by atoms with Crippen LogP contribution in [0.15, 0.2) is 30.5 Å². The Morgan fingerprint density at radius 2 is 2.00 bits per heavy atom. The zero-order valence-corrected chi connectivity index (χ0v) is 13.4. The van der Waals surface area contributed by atoms with Gasteiger partial charge in [-0.1, -0.05) is 0 Å². The van der Waals surface area contributed by atoms with Crippen LogP contribution in [-0.2, 0) is 4.79 Å². The number of nitrogens with zero attached hydrogens (tertiary/aromatic N) is 3. The second kappa shape index (κ2) is 6.04. The van der Waals surface area contributed by atoms with Gasteiger partial charge < -0.3 is 15.7 Å². The second-order valence-electron chi connectivity index (χ2n) is 6.24. The smallest absolute Gasteiger partial charge is 0.317 e. The average molecular weight is 314 g/mol. The van der Waals surface area contributed by atoms with Crippen molar-refractivity contribution >= 4 is 28.2 Å². The Hall–Kier alpha value is -2.34. The zero-order chi connectivity index (χ0) is 16.6. The van der Waals surface area contributed by atoms with Crippen LogP contribution in [0.2, 0.25) is 0 Å². The Bertz CT molecular complexity index is 722. The molecule has 0 spiro atoms. The largest absolute Gasteiger partial charge is 0.480 e. The molecule has 0 amide bonds. The van der Waals surface area contributed by atoms with Gasteiger partial charge in [-0.05, 0) is 38.1 Å². The molecule has 1 saturated heterocycles. The lowest BCUT2D eigenvalue weighted by molar-refractivity contribution is -0.139. The standard InChI is InChI=1S/C17H22N4O2/c1-11-8-20(9-12(2)21(11)10-16(22)23)15-6-5-14(18)17-13(15)4-3-7-19-17/h3-7,11-12H,8-10,18H2,1-2H3,(H,22,23)/t11-,12+. The number of hydrogen-bond donors (Lipinski definition) is 2. The van der Waals surface area contributed by atoms with Gasteiger partial charge in [0.1, 0.15) is 0 Å². The van der Waals surface area contributed by atoms with E-state index in [-0.39, 0.29) is 18.6 Å². The number of carbonyl (C=O) groups is 1. The monoisotopic (exact) mass is 314 g/mol. The summed E-state index contributed by atoms with van der Waals surface area (Å²) in [5.74, 6) is -0.778. The Balaban J connectivity index is 1.92. The number of aliphatic carboxylic acids is 1. The maximum atomic E-state index is 11.0. The molecule has 122 valence electrons. The van der Waals surface area contributed by atoms with Gasteiger partial charge in [0.15, 0.2) is 0 Å². The van der Waals surface area contributed by atoms with Crippen molar-refractivity contribution in [1.82, 2.24) is 9.88 Å². The molecule has 6 nitrogen and oxygen atoms in total. The first-order valence-electron chi connectivity index (χ1n) is 7.83. The van der Waals surface area contributed by atoms with Crippen LogP contribution >= 0.6 is 0 Å². The first-order valence-corrected chi connectivity index (χ1v) is 7.83. The van der Waals surface area contributed by atoms with E-state index in [1.54, 1.807) is 6.20 Å². The predicted molar refractivity (Wildman–Crippen MR) is 91.6 cm³/mol. The summed E-state index contributed by atoms with van der Waals surface area (Å²) in [7, 11) is 0. The fourth-order valence-electron chi connectivity index (χ4n) is 3.48.